The number of hydrogen-bond acceptors (Lipinski definition) is 2. The smallest absolute Gasteiger partial charge is 0.0771 e. The Labute approximate surface area is 136 Å². The second-order valence-electron chi connectivity index (χ2n) is 8.82. The predicted molar refractivity (Wildman–Crippen MR) is 92.6 cm³/mol. The number of aliphatic hydroxyl groups is 2. The first-order chi connectivity index (χ1) is 10.0. The molecule has 2 nitrogen and oxygen atoms in total. The minimum atomic E-state index is -0.802. The fourth-order valence-corrected chi connectivity index (χ4v) is 4.53. The van der Waals surface area contributed by atoms with Crippen LogP contribution in [0.15, 0.2) is 23.8 Å². The molecule has 22 heavy (non-hydrogen) atoms. The zero-order chi connectivity index (χ0) is 16.6. The third-order valence-corrected chi connectivity index (χ3v) is 6.03. The zero-order valence-corrected chi connectivity index (χ0v) is 15.0. The van der Waals surface area contributed by atoms with Crippen molar-refractivity contribution in [1.82, 2.24) is 0 Å². The molecule has 2 N–H and O–H groups in total. The van der Waals surface area contributed by atoms with Gasteiger partial charge in [0.15, 0.2) is 0 Å². The van der Waals surface area contributed by atoms with Gasteiger partial charge in [0.25, 0.3) is 0 Å². The maximum Gasteiger partial charge on any atom is 0.0771 e. The number of allylic oxidation sites excluding steroid dienone is 2. The lowest BCUT2D eigenvalue weighted by Crippen LogP contribution is -2.39. The second-order valence-corrected chi connectivity index (χ2v) is 8.82. The van der Waals surface area contributed by atoms with Gasteiger partial charge in [-0.3, -0.25) is 0 Å². The van der Waals surface area contributed by atoms with E-state index in [0.29, 0.717) is 23.7 Å². The minimum Gasteiger partial charge on any atom is -0.390 e. The highest BCUT2D eigenvalue weighted by molar-refractivity contribution is 5.11. The molecule has 0 aromatic carbocycles. The molecule has 2 aliphatic rings. The molecule has 2 aliphatic carbocycles. The quantitative estimate of drug-likeness (QED) is 0.744. The van der Waals surface area contributed by atoms with Crippen LogP contribution in [0.3, 0.4) is 0 Å². The Bertz CT molecular complexity index is 453. The fraction of sp³-hybridized carbons (Fsp3) is 0.800. The van der Waals surface area contributed by atoms with Gasteiger partial charge in [-0.2, -0.15) is 0 Å². The van der Waals surface area contributed by atoms with Crippen molar-refractivity contribution in [1.29, 1.82) is 0 Å². The summed E-state index contributed by atoms with van der Waals surface area (Å²) in [6.07, 6.45) is 12.7. The van der Waals surface area contributed by atoms with Gasteiger partial charge in [-0.1, -0.05) is 30.7 Å². The minimum absolute atomic E-state index is 0.354. The SMILES string of the molecule is CC1=CC[C@]2(C)CC[C@H](C(C)(O)C/C=C/C(C)(C)O)[C@H]2CC1. The summed E-state index contributed by atoms with van der Waals surface area (Å²) in [5.41, 5.74) is 0.384. The van der Waals surface area contributed by atoms with Crippen molar-refractivity contribution in [3.05, 3.63) is 23.8 Å². The van der Waals surface area contributed by atoms with Crippen LogP contribution in [0.25, 0.3) is 0 Å². The summed E-state index contributed by atoms with van der Waals surface area (Å²) >= 11 is 0. The Kier molecular flexibility index (Phi) is 4.94. The molecule has 0 bridgehead atoms. The van der Waals surface area contributed by atoms with Gasteiger partial charge >= 0.3 is 0 Å². The van der Waals surface area contributed by atoms with Crippen LogP contribution in [-0.4, -0.2) is 21.4 Å². The van der Waals surface area contributed by atoms with Gasteiger partial charge in [-0.25, -0.2) is 0 Å². The molecule has 2 heteroatoms. The summed E-state index contributed by atoms with van der Waals surface area (Å²) in [7, 11) is 0. The van der Waals surface area contributed by atoms with E-state index in [2.05, 4.69) is 19.9 Å². The molecular weight excluding hydrogens is 272 g/mol. The molecule has 0 spiro atoms. The monoisotopic (exact) mass is 306 g/mol. The Morgan fingerprint density at radius 1 is 1.27 bits per heavy atom. The van der Waals surface area contributed by atoms with Crippen molar-refractivity contribution >= 4 is 0 Å². The molecule has 0 heterocycles. The van der Waals surface area contributed by atoms with E-state index in [1.54, 1.807) is 19.9 Å². The van der Waals surface area contributed by atoms with Gasteiger partial charge in [-0.15, -0.1) is 0 Å². The fourth-order valence-electron chi connectivity index (χ4n) is 4.53. The van der Waals surface area contributed by atoms with Crippen LogP contribution in [-0.2, 0) is 0 Å². The zero-order valence-electron chi connectivity index (χ0n) is 15.0. The van der Waals surface area contributed by atoms with Crippen LogP contribution in [0.5, 0.6) is 0 Å². The van der Waals surface area contributed by atoms with Gasteiger partial charge in [0, 0.05) is 0 Å². The van der Waals surface area contributed by atoms with Crippen molar-refractivity contribution < 1.29 is 10.2 Å². The summed E-state index contributed by atoms with van der Waals surface area (Å²) in [4.78, 5) is 0. The predicted octanol–water partition coefficient (Wildman–Crippen LogP) is 4.62. The average molecular weight is 306 g/mol. The molecule has 0 aromatic rings. The second kappa shape index (κ2) is 6.13. The Morgan fingerprint density at radius 3 is 2.59 bits per heavy atom. The lowest BCUT2D eigenvalue weighted by atomic mass is 9.69. The molecular formula is C20H34O2. The van der Waals surface area contributed by atoms with E-state index in [9.17, 15) is 10.2 Å². The molecule has 4 atom stereocenters. The Hall–Kier alpha value is -0.600. The average Bonchev–Trinajstić information content (AvgIpc) is 2.63. The van der Waals surface area contributed by atoms with Crippen molar-refractivity contribution in [2.45, 2.75) is 84.3 Å². The molecule has 1 saturated carbocycles. The molecule has 0 radical (unpaired) electrons. The van der Waals surface area contributed by atoms with Crippen molar-refractivity contribution in [3.63, 3.8) is 0 Å². The van der Waals surface area contributed by atoms with Gasteiger partial charge < -0.3 is 10.2 Å². The molecule has 0 saturated heterocycles. The summed E-state index contributed by atoms with van der Waals surface area (Å²) < 4.78 is 0. The number of fused-ring (bicyclic) bond motifs is 1. The highest BCUT2D eigenvalue weighted by Gasteiger charge is 2.50. The van der Waals surface area contributed by atoms with Gasteiger partial charge in [0.2, 0.25) is 0 Å². The van der Waals surface area contributed by atoms with Gasteiger partial charge in [0.1, 0.15) is 0 Å². The van der Waals surface area contributed by atoms with Crippen LogP contribution < -0.4 is 0 Å². The largest absolute Gasteiger partial charge is 0.390 e. The van der Waals surface area contributed by atoms with E-state index in [-0.39, 0.29) is 0 Å². The third kappa shape index (κ3) is 4.02. The van der Waals surface area contributed by atoms with Crippen LogP contribution in [0.4, 0.5) is 0 Å². The van der Waals surface area contributed by atoms with E-state index in [1.165, 1.54) is 24.8 Å². The van der Waals surface area contributed by atoms with E-state index in [1.807, 2.05) is 13.0 Å². The summed E-state index contributed by atoms with van der Waals surface area (Å²) in [6.45, 7) is 10.2. The standard InChI is InChI=1S/C20H34O2/c1-15-7-8-16-17(10-14-19(16,4)13-9-15)20(5,22)12-6-11-18(2,3)21/h6,9,11,16-17,21-22H,7-8,10,12-14H2,1-5H3/b11-6+/t16-,17+,19-,20?/m1/s1. The van der Waals surface area contributed by atoms with Crippen molar-refractivity contribution in [2.75, 3.05) is 0 Å². The van der Waals surface area contributed by atoms with E-state index >= 15 is 0 Å². The van der Waals surface area contributed by atoms with Crippen LogP contribution in [0, 0.1) is 17.3 Å². The van der Waals surface area contributed by atoms with Crippen molar-refractivity contribution in [2.24, 2.45) is 17.3 Å². The van der Waals surface area contributed by atoms with Crippen LogP contribution in [0.1, 0.15) is 73.1 Å². The maximum atomic E-state index is 11.1. The number of hydrogen-bond donors (Lipinski definition) is 2. The summed E-state index contributed by atoms with van der Waals surface area (Å²) in [5, 5.41) is 20.9. The van der Waals surface area contributed by atoms with E-state index in [4.69, 9.17) is 0 Å². The van der Waals surface area contributed by atoms with Gasteiger partial charge in [-0.05, 0) is 83.5 Å². The first kappa shape index (κ1) is 17.7. The molecule has 126 valence electrons. The van der Waals surface area contributed by atoms with E-state index in [0.717, 1.165) is 12.8 Å². The molecule has 0 amide bonds. The van der Waals surface area contributed by atoms with Crippen LogP contribution in [0.2, 0.25) is 0 Å². The summed E-state index contributed by atoms with van der Waals surface area (Å²) in [6, 6.07) is 0. The van der Waals surface area contributed by atoms with Gasteiger partial charge in [0.05, 0.1) is 11.2 Å². The molecule has 1 fully saturated rings. The first-order valence-electron chi connectivity index (χ1n) is 8.82. The summed E-state index contributed by atoms with van der Waals surface area (Å²) in [5.74, 6) is 0.968. The van der Waals surface area contributed by atoms with Crippen molar-refractivity contribution in [3.8, 4) is 0 Å². The molecule has 1 unspecified atom stereocenters. The third-order valence-electron chi connectivity index (χ3n) is 6.03. The Balaban J connectivity index is 2.10. The maximum absolute atomic E-state index is 11.1. The number of rotatable bonds is 4. The lowest BCUT2D eigenvalue weighted by molar-refractivity contribution is -0.0288. The lowest BCUT2D eigenvalue weighted by Gasteiger charge is -2.39. The van der Waals surface area contributed by atoms with Crippen LogP contribution >= 0.6 is 0 Å². The highest BCUT2D eigenvalue weighted by atomic mass is 16.3. The topological polar surface area (TPSA) is 40.5 Å². The molecule has 0 aromatic heterocycles. The molecule has 2 rings (SSSR count). The molecule has 0 aliphatic heterocycles. The van der Waals surface area contributed by atoms with E-state index < -0.39 is 11.2 Å². The Morgan fingerprint density at radius 2 is 1.95 bits per heavy atom. The highest BCUT2D eigenvalue weighted by Crippen LogP contribution is 2.56. The first-order valence-corrected chi connectivity index (χ1v) is 8.82. The normalized spacial score (nSPS) is 35.9.